The average molecular weight is 235 g/mol. The Kier molecular flexibility index (Phi) is 2.82. The molecule has 2 N–H and O–H groups in total. The van der Waals surface area contributed by atoms with Crippen molar-refractivity contribution in [2.24, 2.45) is 0 Å². The maximum atomic E-state index is 11.3. The molecule has 2 aromatic rings. The number of para-hydroxylation sites is 1. The first kappa shape index (κ1) is 10.6. The first-order valence-corrected chi connectivity index (χ1v) is 5.41. The van der Waals surface area contributed by atoms with Crippen molar-refractivity contribution in [1.29, 1.82) is 0 Å². The van der Waals surface area contributed by atoms with Crippen molar-refractivity contribution in [3.63, 3.8) is 0 Å². The summed E-state index contributed by atoms with van der Waals surface area (Å²) < 4.78 is 0.967. The maximum absolute atomic E-state index is 11.3. The zero-order valence-electron chi connectivity index (χ0n) is 8.48. The first-order chi connectivity index (χ1) is 7.70. The van der Waals surface area contributed by atoms with E-state index in [2.05, 4.69) is 15.6 Å². The van der Waals surface area contributed by atoms with Gasteiger partial charge < -0.3 is 5.32 Å². The highest BCUT2D eigenvalue weighted by molar-refractivity contribution is 7.22. The van der Waals surface area contributed by atoms with Gasteiger partial charge in [-0.05, 0) is 12.1 Å². The maximum Gasteiger partial charge on any atom is 0.315 e. The third kappa shape index (κ3) is 2.01. The van der Waals surface area contributed by atoms with Gasteiger partial charge in [-0.3, -0.25) is 14.9 Å². The second kappa shape index (κ2) is 4.28. The van der Waals surface area contributed by atoms with Crippen molar-refractivity contribution >= 4 is 38.5 Å². The Morgan fingerprint density at radius 3 is 2.69 bits per heavy atom. The minimum atomic E-state index is -0.707. The lowest BCUT2D eigenvalue weighted by molar-refractivity contribution is -0.135. The minimum absolute atomic E-state index is 0.426. The number of rotatable bonds is 1. The Bertz CT molecular complexity index is 517. The van der Waals surface area contributed by atoms with Crippen LogP contribution in [0.5, 0.6) is 0 Å². The lowest BCUT2D eigenvalue weighted by Gasteiger charge is -1.98. The summed E-state index contributed by atoms with van der Waals surface area (Å²) in [5.41, 5.74) is 0.805. The highest BCUT2D eigenvalue weighted by Gasteiger charge is 2.13. The minimum Gasteiger partial charge on any atom is -0.351 e. The van der Waals surface area contributed by atoms with Gasteiger partial charge in [-0.15, -0.1) is 0 Å². The molecule has 0 saturated carbocycles. The molecule has 1 aromatic heterocycles. The number of aromatic nitrogens is 1. The molecule has 2 amide bonds. The lowest BCUT2D eigenvalue weighted by atomic mass is 10.3. The van der Waals surface area contributed by atoms with Gasteiger partial charge in [0.05, 0.1) is 10.2 Å². The van der Waals surface area contributed by atoms with Gasteiger partial charge in [0.15, 0.2) is 5.13 Å². The molecule has 1 aromatic carbocycles. The van der Waals surface area contributed by atoms with Crippen LogP contribution in [-0.4, -0.2) is 23.8 Å². The third-order valence-corrected chi connectivity index (χ3v) is 2.90. The molecule has 0 saturated heterocycles. The monoisotopic (exact) mass is 235 g/mol. The summed E-state index contributed by atoms with van der Waals surface area (Å²) in [5.74, 6) is -1.39. The van der Waals surface area contributed by atoms with E-state index < -0.39 is 11.8 Å². The van der Waals surface area contributed by atoms with Crippen LogP contribution < -0.4 is 10.6 Å². The number of amides is 2. The SMILES string of the molecule is CNC(=O)C(=O)Nc1nc2ccccc2s1. The number of fused-ring (bicyclic) bond motifs is 1. The molecule has 0 atom stereocenters. The summed E-state index contributed by atoms with van der Waals surface area (Å²) in [6.45, 7) is 0. The Morgan fingerprint density at radius 2 is 2.00 bits per heavy atom. The number of benzene rings is 1. The van der Waals surface area contributed by atoms with Crippen LogP contribution in [0, 0.1) is 0 Å². The van der Waals surface area contributed by atoms with Crippen molar-refractivity contribution < 1.29 is 9.59 Å². The molecule has 0 spiro atoms. The zero-order valence-corrected chi connectivity index (χ0v) is 9.30. The number of carbonyl (C=O) groups excluding carboxylic acids is 2. The van der Waals surface area contributed by atoms with Crippen LogP contribution in [0.25, 0.3) is 10.2 Å². The summed E-state index contributed by atoms with van der Waals surface area (Å²) in [6.07, 6.45) is 0. The van der Waals surface area contributed by atoms with Gasteiger partial charge in [0.25, 0.3) is 0 Å². The smallest absolute Gasteiger partial charge is 0.315 e. The number of nitrogens with one attached hydrogen (secondary N) is 2. The Morgan fingerprint density at radius 1 is 1.25 bits per heavy atom. The summed E-state index contributed by atoms with van der Waals surface area (Å²) in [4.78, 5) is 26.4. The largest absolute Gasteiger partial charge is 0.351 e. The number of hydrogen-bond donors (Lipinski definition) is 2. The standard InChI is InChI=1S/C10H9N3O2S/c1-11-8(14)9(15)13-10-12-6-4-2-3-5-7(6)16-10/h2-5H,1H3,(H,11,14)(H,12,13,15). The van der Waals surface area contributed by atoms with Gasteiger partial charge in [0, 0.05) is 7.05 Å². The van der Waals surface area contributed by atoms with Crippen LogP contribution in [0.3, 0.4) is 0 Å². The second-order valence-corrected chi connectivity index (χ2v) is 4.05. The van der Waals surface area contributed by atoms with Gasteiger partial charge in [-0.25, -0.2) is 4.98 Å². The molecule has 0 aliphatic rings. The molecular weight excluding hydrogens is 226 g/mol. The Labute approximate surface area is 95.5 Å². The van der Waals surface area contributed by atoms with Crippen LogP contribution in [0.15, 0.2) is 24.3 Å². The van der Waals surface area contributed by atoms with Crippen molar-refractivity contribution in [2.45, 2.75) is 0 Å². The van der Waals surface area contributed by atoms with E-state index >= 15 is 0 Å². The summed E-state index contributed by atoms with van der Waals surface area (Å²) in [6, 6.07) is 7.52. The van der Waals surface area contributed by atoms with E-state index in [4.69, 9.17) is 0 Å². The quantitative estimate of drug-likeness (QED) is 0.724. The van der Waals surface area contributed by atoms with Crippen LogP contribution in [0.1, 0.15) is 0 Å². The molecule has 0 fully saturated rings. The van der Waals surface area contributed by atoms with E-state index in [9.17, 15) is 9.59 Å². The fraction of sp³-hybridized carbons (Fsp3) is 0.100. The molecule has 16 heavy (non-hydrogen) atoms. The first-order valence-electron chi connectivity index (χ1n) is 4.59. The Balaban J connectivity index is 2.22. The molecular formula is C10H9N3O2S. The van der Waals surface area contributed by atoms with Crippen molar-refractivity contribution in [3.8, 4) is 0 Å². The second-order valence-electron chi connectivity index (χ2n) is 3.02. The van der Waals surface area contributed by atoms with Gasteiger partial charge >= 0.3 is 11.8 Å². The predicted octanol–water partition coefficient (Wildman–Crippen LogP) is 0.981. The summed E-state index contributed by atoms with van der Waals surface area (Å²) in [5, 5.41) is 5.11. The van der Waals surface area contributed by atoms with Crippen LogP contribution in [0.4, 0.5) is 5.13 Å². The molecule has 0 aliphatic carbocycles. The number of hydrogen-bond acceptors (Lipinski definition) is 4. The van der Waals surface area contributed by atoms with Gasteiger partial charge in [-0.1, -0.05) is 23.5 Å². The summed E-state index contributed by atoms with van der Waals surface area (Å²) in [7, 11) is 1.40. The molecule has 0 aliphatic heterocycles. The fourth-order valence-corrected chi connectivity index (χ4v) is 2.05. The summed E-state index contributed by atoms with van der Waals surface area (Å²) >= 11 is 1.33. The molecule has 0 unspecified atom stereocenters. The molecule has 2 rings (SSSR count). The normalized spacial score (nSPS) is 10.1. The highest BCUT2D eigenvalue weighted by Crippen LogP contribution is 2.25. The van der Waals surface area contributed by atoms with E-state index in [0.29, 0.717) is 5.13 Å². The van der Waals surface area contributed by atoms with Gasteiger partial charge in [0.2, 0.25) is 0 Å². The van der Waals surface area contributed by atoms with Crippen LogP contribution >= 0.6 is 11.3 Å². The van der Waals surface area contributed by atoms with E-state index in [0.717, 1.165) is 10.2 Å². The lowest BCUT2D eigenvalue weighted by Crippen LogP contribution is -2.32. The van der Waals surface area contributed by atoms with E-state index in [-0.39, 0.29) is 0 Å². The predicted molar refractivity (Wildman–Crippen MR) is 62.3 cm³/mol. The molecule has 5 nitrogen and oxygen atoms in total. The molecule has 82 valence electrons. The van der Waals surface area contributed by atoms with E-state index in [1.165, 1.54) is 18.4 Å². The fourth-order valence-electron chi connectivity index (χ4n) is 1.19. The number of nitrogens with zero attached hydrogens (tertiary/aromatic N) is 1. The molecule has 1 heterocycles. The number of anilines is 1. The zero-order chi connectivity index (χ0) is 11.5. The average Bonchev–Trinajstić information content (AvgIpc) is 2.69. The van der Waals surface area contributed by atoms with Crippen LogP contribution in [-0.2, 0) is 9.59 Å². The third-order valence-electron chi connectivity index (χ3n) is 1.95. The van der Waals surface area contributed by atoms with Crippen molar-refractivity contribution in [1.82, 2.24) is 10.3 Å². The molecule has 0 bridgehead atoms. The van der Waals surface area contributed by atoms with Crippen LogP contribution in [0.2, 0.25) is 0 Å². The number of likely N-dealkylation sites (N-methyl/N-ethyl adjacent to an activating group) is 1. The van der Waals surface area contributed by atoms with E-state index in [1.807, 2.05) is 24.3 Å². The van der Waals surface area contributed by atoms with Gasteiger partial charge in [0.1, 0.15) is 0 Å². The highest BCUT2D eigenvalue weighted by atomic mass is 32.1. The van der Waals surface area contributed by atoms with Gasteiger partial charge in [-0.2, -0.15) is 0 Å². The van der Waals surface area contributed by atoms with Crippen molar-refractivity contribution in [2.75, 3.05) is 12.4 Å². The molecule has 0 radical (unpaired) electrons. The Hall–Kier alpha value is -1.95. The number of carbonyl (C=O) groups is 2. The van der Waals surface area contributed by atoms with Crippen molar-refractivity contribution in [3.05, 3.63) is 24.3 Å². The van der Waals surface area contributed by atoms with E-state index in [1.54, 1.807) is 0 Å². The number of thiazole rings is 1. The topological polar surface area (TPSA) is 71.1 Å². The molecule has 6 heteroatoms.